The average Bonchev–Trinajstić information content (AvgIpc) is 3.07. The van der Waals surface area contributed by atoms with Gasteiger partial charge in [0.15, 0.2) is 0 Å². The van der Waals surface area contributed by atoms with E-state index in [1.54, 1.807) is 0 Å². The Morgan fingerprint density at radius 1 is 1.41 bits per heavy atom. The van der Waals surface area contributed by atoms with Crippen molar-refractivity contribution in [2.24, 2.45) is 0 Å². The maximum absolute atomic E-state index is 13.4. The molecule has 0 atom stereocenters. The minimum absolute atomic E-state index is 0.0575. The molecule has 92 valence electrons. The third kappa shape index (κ3) is 1.71. The van der Waals surface area contributed by atoms with Crippen molar-refractivity contribution in [3.05, 3.63) is 23.0 Å². The van der Waals surface area contributed by atoms with E-state index in [0.717, 1.165) is 18.9 Å². The lowest BCUT2D eigenvalue weighted by atomic mass is 10.2. The van der Waals surface area contributed by atoms with Crippen LogP contribution in [0.4, 0.5) is 10.1 Å². The first-order valence-electron chi connectivity index (χ1n) is 5.25. The topological polar surface area (TPSA) is 49.4 Å². The Morgan fingerprint density at radius 3 is 2.76 bits per heavy atom. The van der Waals surface area contributed by atoms with Crippen molar-refractivity contribution in [2.75, 3.05) is 11.6 Å². The number of halogens is 2. The molecule has 1 aliphatic heterocycles. The number of nitrogens with zero attached hydrogens (tertiary/aromatic N) is 1. The third-order valence-corrected chi connectivity index (χ3v) is 4.80. The Balaban J connectivity index is 2.25. The van der Waals surface area contributed by atoms with Gasteiger partial charge in [-0.05, 0) is 25.0 Å². The Hall–Kier alpha value is -0.850. The van der Waals surface area contributed by atoms with Crippen LogP contribution in [0.1, 0.15) is 12.8 Å². The minimum Gasteiger partial charge on any atom is -0.352 e. The standard InChI is InChI=1S/C10H10ClFN2O2S/c11-9-7(12)3-4-8-10(9)14(6-1-2-6)5-13-17(8,15)16/h3-4,6,13H,1-2,5H2. The second kappa shape index (κ2) is 3.57. The third-order valence-electron chi connectivity index (χ3n) is 3.02. The predicted molar refractivity (Wildman–Crippen MR) is 62.1 cm³/mol. The quantitative estimate of drug-likeness (QED) is 0.849. The van der Waals surface area contributed by atoms with Crippen molar-refractivity contribution in [3.63, 3.8) is 0 Å². The molecule has 1 aliphatic carbocycles. The number of sulfonamides is 1. The Labute approximate surface area is 103 Å². The smallest absolute Gasteiger partial charge is 0.244 e. The molecule has 0 amide bonds. The van der Waals surface area contributed by atoms with Gasteiger partial charge in [-0.15, -0.1) is 0 Å². The van der Waals surface area contributed by atoms with Gasteiger partial charge in [0, 0.05) is 6.04 Å². The van der Waals surface area contributed by atoms with Crippen LogP contribution < -0.4 is 9.62 Å². The number of nitrogens with one attached hydrogen (secondary N) is 1. The van der Waals surface area contributed by atoms with E-state index in [1.165, 1.54) is 6.07 Å². The van der Waals surface area contributed by atoms with Crippen LogP contribution in [0.5, 0.6) is 0 Å². The molecule has 1 aromatic rings. The summed E-state index contributed by atoms with van der Waals surface area (Å²) in [6, 6.07) is 2.60. The van der Waals surface area contributed by atoms with Crippen molar-refractivity contribution in [1.29, 1.82) is 0 Å². The molecule has 2 aliphatic rings. The second-order valence-corrected chi connectivity index (χ2v) is 6.33. The van der Waals surface area contributed by atoms with E-state index in [9.17, 15) is 12.8 Å². The number of hydrogen-bond acceptors (Lipinski definition) is 3. The van der Waals surface area contributed by atoms with Crippen LogP contribution in [0.2, 0.25) is 5.02 Å². The van der Waals surface area contributed by atoms with E-state index >= 15 is 0 Å². The maximum Gasteiger partial charge on any atom is 0.244 e. The van der Waals surface area contributed by atoms with Gasteiger partial charge in [-0.1, -0.05) is 11.6 Å². The van der Waals surface area contributed by atoms with Gasteiger partial charge in [0.05, 0.1) is 12.4 Å². The van der Waals surface area contributed by atoms with Gasteiger partial charge >= 0.3 is 0 Å². The van der Waals surface area contributed by atoms with Gasteiger partial charge in [-0.3, -0.25) is 0 Å². The lowest BCUT2D eigenvalue weighted by Crippen LogP contribution is -2.44. The molecule has 7 heteroatoms. The zero-order valence-electron chi connectivity index (χ0n) is 8.78. The molecule has 0 radical (unpaired) electrons. The fraction of sp³-hybridized carbons (Fsp3) is 0.400. The fourth-order valence-electron chi connectivity index (χ4n) is 2.02. The summed E-state index contributed by atoms with van der Waals surface area (Å²) in [7, 11) is -3.56. The Kier molecular flexibility index (Phi) is 2.36. The van der Waals surface area contributed by atoms with Gasteiger partial charge in [-0.25, -0.2) is 12.8 Å². The fourth-order valence-corrected chi connectivity index (χ4v) is 3.53. The highest BCUT2D eigenvalue weighted by atomic mass is 35.5. The molecule has 0 unspecified atom stereocenters. The minimum atomic E-state index is -3.56. The molecule has 4 nitrogen and oxygen atoms in total. The first kappa shape index (κ1) is 11.3. The van der Waals surface area contributed by atoms with E-state index in [4.69, 9.17) is 11.6 Å². The molecule has 0 spiro atoms. The summed E-state index contributed by atoms with van der Waals surface area (Å²) in [5.74, 6) is -0.590. The van der Waals surface area contributed by atoms with Crippen molar-refractivity contribution in [2.45, 2.75) is 23.8 Å². The monoisotopic (exact) mass is 276 g/mol. The van der Waals surface area contributed by atoms with Gasteiger partial charge < -0.3 is 4.90 Å². The lowest BCUT2D eigenvalue weighted by molar-refractivity contribution is 0.567. The molecule has 0 aromatic heterocycles. The Bertz CT molecular complexity index is 586. The summed E-state index contributed by atoms with van der Waals surface area (Å²) < 4.78 is 39.5. The highest BCUT2D eigenvalue weighted by molar-refractivity contribution is 7.89. The second-order valence-electron chi connectivity index (χ2n) is 4.21. The first-order chi connectivity index (χ1) is 8.00. The predicted octanol–water partition coefficient (Wildman–Crippen LogP) is 1.70. The lowest BCUT2D eigenvalue weighted by Gasteiger charge is -2.32. The number of benzene rings is 1. The number of anilines is 1. The molecule has 1 saturated carbocycles. The molecule has 1 N–H and O–H groups in total. The molecule has 0 bridgehead atoms. The van der Waals surface area contributed by atoms with Crippen molar-refractivity contribution >= 4 is 27.3 Å². The molecular formula is C10H10ClFN2O2S. The first-order valence-corrected chi connectivity index (χ1v) is 7.11. The maximum atomic E-state index is 13.4. The van der Waals surface area contributed by atoms with Gasteiger partial charge in [0.2, 0.25) is 10.0 Å². The number of hydrogen-bond donors (Lipinski definition) is 1. The molecule has 17 heavy (non-hydrogen) atoms. The van der Waals surface area contributed by atoms with Crippen LogP contribution in [-0.2, 0) is 10.0 Å². The van der Waals surface area contributed by atoms with E-state index in [0.29, 0.717) is 5.69 Å². The van der Waals surface area contributed by atoms with E-state index in [-0.39, 0.29) is 22.6 Å². The molecule has 1 heterocycles. The molecule has 3 rings (SSSR count). The highest BCUT2D eigenvalue weighted by Gasteiger charge is 2.38. The summed E-state index contributed by atoms with van der Waals surface area (Å²) in [6.45, 7) is 0.156. The van der Waals surface area contributed by atoms with Crippen molar-refractivity contribution in [3.8, 4) is 0 Å². The van der Waals surface area contributed by atoms with E-state index in [2.05, 4.69) is 4.72 Å². The van der Waals surface area contributed by atoms with Crippen molar-refractivity contribution in [1.82, 2.24) is 4.72 Å². The summed E-state index contributed by atoms with van der Waals surface area (Å²) in [6.07, 6.45) is 1.96. The van der Waals surface area contributed by atoms with Crippen LogP contribution in [0.3, 0.4) is 0 Å². The van der Waals surface area contributed by atoms with Crippen LogP contribution in [-0.4, -0.2) is 21.1 Å². The largest absolute Gasteiger partial charge is 0.352 e. The molecule has 1 fully saturated rings. The van der Waals surface area contributed by atoms with Gasteiger partial charge in [-0.2, -0.15) is 4.72 Å². The van der Waals surface area contributed by atoms with Crippen LogP contribution in [0, 0.1) is 5.82 Å². The Morgan fingerprint density at radius 2 is 2.12 bits per heavy atom. The zero-order chi connectivity index (χ0) is 12.2. The number of rotatable bonds is 1. The van der Waals surface area contributed by atoms with Crippen LogP contribution in [0.15, 0.2) is 17.0 Å². The van der Waals surface area contributed by atoms with Gasteiger partial charge in [0.1, 0.15) is 15.7 Å². The van der Waals surface area contributed by atoms with Crippen molar-refractivity contribution < 1.29 is 12.8 Å². The molecule has 0 saturated heterocycles. The molecule has 1 aromatic carbocycles. The average molecular weight is 277 g/mol. The SMILES string of the molecule is O=S1(=O)NCN(C2CC2)c2c1ccc(F)c2Cl. The summed E-state index contributed by atoms with van der Waals surface area (Å²) in [5, 5.41) is -0.112. The summed E-state index contributed by atoms with van der Waals surface area (Å²) >= 11 is 5.90. The summed E-state index contributed by atoms with van der Waals surface area (Å²) in [4.78, 5) is 1.88. The van der Waals surface area contributed by atoms with Crippen LogP contribution in [0.25, 0.3) is 0 Å². The summed E-state index contributed by atoms with van der Waals surface area (Å²) in [5.41, 5.74) is 0.299. The highest BCUT2D eigenvalue weighted by Crippen LogP contribution is 2.42. The van der Waals surface area contributed by atoms with Crippen LogP contribution >= 0.6 is 11.6 Å². The van der Waals surface area contributed by atoms with E-state index < -0.39 is 15.8 Å². The normalized spacial score (nSPS) is 22.4. The zero-order valence-corrected chi connectivity index (χ0v) is 10.4. The van der Waals surface area contributed by atoms with Gasteiger partial charge in [0.25, 0.3) is 0 Å². The molecular weight excluding hydrogens is 267 g/mol. The number of fused-ring (bicyclic) bond motifs is 1. The van der Waals surface area contributed by atoms with E-state index in [1.807, 2.05) is 4.90 Å².